The smallest absolute Gasteiger partial charge is 0.239 e. The normalized spacial score (nSPS) is 27.5. The standard InChI is InChI=1S/C13H22N2O2/c1-13(2)6-5-10(8-13)14-11(16)9-15-7-3-4-12(15)17/h10H,3-9H2,1-2H3,(H,14,16). The van der Waals surface area contributed by atoms with Crippen LogP contribution in [-0.2, 0) is 9.59 Å². The Kier molecular flexibility index (Phi) is 3.40. The lowest BCUT2D eigenvalue weighted by atomic mass is 9.92. The Bertz CT molecular complexity index is 325. The number of hydrogen-bond acceptors (Lipinski definition) is 2. The van der Waals surface area contributed by atoms with Gasteiger partial charge >= 0.3 is 0 Å². The van der Waals surface area contributed by atoms with E-state index in [9.17, 15) is 9.59 Å². The third-order valence-electron chi connectivity index (χ3n) is 3.84. The van der Waals surface area contributed by atoms with Gasteiger partial charge in [0.1, 0.15) is 0 Å². The second-order valence-electron chi connectivity index (χ2n) is 6.09. The molecule has 17 heavy (non-hydrogen) atoms. The minimum atomic E-state index is 0.00273. The highest BCUT2D eigenvalue weighted by Gasteiger charge is 2.32. The van der Waals surface area contributed by atoms with Crippen LogP contribution < -0.4 is 5.32 Å². The fraction of sp³-hybridized carbons (Fsp3) is 0.846. The van der Waals surface area contributed by atoms with Gasteiger partial charge in [-0.05, 0) is 31.1 Å². The van der Waals surface area contributed by atoms with E-state index in [-0.39, 0.29) is 18.4 Å². The Morgan fingerprint density at radius 3 is 2.82 bits per heavy atom. The van der Waals surface area contributed by atoms with Gasteiger partial charge in [0.25, 0.3) is 0 Å². The Balaban J connectivity index is 1.76. The number of amides is 2. The van der Waals surface area contributed by atoms with Crippen LogP contribution in [0.1, 0.15) is 46.0 Å². The van der Waals surface area contributed by atoms with Gasteiger partial charge in [-0.15, -0.1) is 0 Å². The van der Waals surface area contributed by atoms with Gasteiger partial charge in [0.2, 0.25) is 11.8 Å². The molecule has 2 aliphatic rings. The van der Waals surface area contributed by atoms with E-state index in [2.05, 4.69) is 19.2 Å². The molecule has 1 saturated carbocycles. The molecule has 0 bridgehead atoms. The number of carbonyl (C=O) groups is 2. The molecule has 1 N–H and O–H groups in total. The van der Waals surface area contributed by atoms with Crippen molar-refractivity contribution in [1.82, 2.24) is 10.2 Å². The van der Waals surface area contributed by atoms with Gasteiger partial charge in [0, 0.05) is 19.0 Å². The van der Waals surface area contributed by atoms with Crippen molar-refractivity contribution in [3.63, 3.8) is 0 Å². The zero-order valence-electron chi connectivity index (χ0n) is 10.8. The summed E-state index contributed by atoms with van der Waals surface area (Å²) in [7, 11) is 0. The summed E-state index contributed by atoms with van der Waals surface area (Å²) in [6.07, 6.45) is 4.77. The fourth-order valence-corrected chi connectivity index (χ4v) is 2.88. The summed E-state index contributed by atoms with van der Waals surface area (Å²) >= 11 is 0. The van der Waals surface area contributed by atoms with Crippen molar-refractivity contribution in [2.24, 2.45) is 5.41 Å². The molecular formula is C13H22N2O2. The van der Waals surface area contributed by atoms with Crippen LogP contribution in [-0.4, -0.2) is 35.8 Å². The molecule has 1 saturated heterocycles. The van der Waals surface area contributed by atoms with E-state index in [4.69, 9.17) is 0 Å². The van der Waals surface area contributed by atoms with Crippen LogP contribution in [0.15, 0.2) is 0 Å². The zero-order chi connectivity index (χ0) is 12.5. The Hall–Kier alpha value is -1.06. The van der Waals surface area contributed by atoms with Gasteiger partial charge in [-0.2, -0.15) is 0 Å². The summed E-state index contributed by atoms with van der Waals surface area (Å²) in [5, 5.41) is 3.05. The Morgan fingerprint density at radius 1 is 1.53 bits per heavy atom. The van der Waals surface area contributed by atoms with Crippen LogP contribution in [0, 0.1) is 5.41 Å². The van der Waals surface area contributed by atoms with Crippen molar-refractivity contribution in [1.29, 1.82) is 0 Å². The van der Waals surface area contributed by atoms with Gasteiger partial charge in [0.15, 0.2) is 0 Å². The topological polar surface area (TPSA) is 49.4 Å². The van der Waals surface area contributed by atoms with Crippen LogP contribution in [0.25, 0.3) is 0 Å². The number of likely N-dealkylation sites (tertiary alicyclic amines) is 1. The minimum absolute atomic E-state index is 0.00273. The predicted octanol–water partition coefficient (Wildman–Crippen LogP) is 1.30. The number of rotatable bonds is 3. The first-order valence-electron chi connectivity index (χ1n) is 6.53. The molecule has 0 aromatic rings. The maximum absolute atomic E-state index is 11.8. The van der Waals surface area contributed by atoms with Gasteiger partial charge in [-0.25, -0.2) is 0 Å². The first kappa shape index (κ1) is 12.4. The number of carbonyl (C=O) groups excluding carboxylic acids is 2. The largest absolute Gasteiger partial charge is 0.352 e. The van der Waals surface area contributed by atoms with E-state index < -0.39 is 0 Å². The van der Waals surface area contributed by atoms with Gasteiger partial charge in [-0.1, -0.05) is 13.8 Å². The summed E-state index contributed by atoms with van der Waals surface area (Å²) < 4.78 is 0. The van der Waals surface area contributed by atoms with Crippen molar-refractivity contribution in [2.45, 2.75) is 52.0 Å². The molecule has 0 spiro atoms. The number of nitrogens with one attached hydrogen (secondary N) is 1. The van der Waals surface area contributed by atoms with E-state index in [0.29, 0.717) is 17.9 Å². The summed E-state index contributed by atoms with van der Waals surface area (Å²) in [5.41, 5.74) is 0.349. The monoisotopic (exact) mass is 238 g/mol. The van der Waals surface area contributed by atoms with Crippen LogP contribution in [0.3, 0.4) is 0 Å². The molecule has 96 valence electrons. The highest BCUT2D eigenvalue weighted by atomic mass is 16.2. The first-order chi connectivity index (χ1) is 7.96. The van der Waals surface area contributed by atoms with E-state index in [1.807, 2.05) is 0 Å². The van der Waals surface area contributed by atoms with Crippen LogP contribution in [0.2, 0.25) is 0 Å². The summed E-state index contributed by atoms with van der Waals surface area (Å²) in [4.78, 5) is 24.9. The summed E-state index contributed by atoms with van der Waals surface area (Å²) in [5.74, 6) is 0.120. The molecule has 0 radical (unpaired) electrons. The Labute approximate surface area is 103 Å². The molecule has 0 aromatic carbocycles. The highest BCUT2D eigenvalue weighted by molar-refractivity contribution is 5.85. The third-order valence-corrected chi connectivity index (χ3v) is 3.84. The maximum Gasteiger partial charge on any atom is 0.239 e. The second-order valence-corrected chi connectivity index (χ2v) is 6.09. The second kappa shape index (κ2) is 4.67. The van der Waals surface area contributed by atoms with Crippen molar-refractivity contribution in [3.05, 3.63) is 0 Å². The van der Waals surface area contributed by atoms with E-state index in [0.717, 1.165) is 25.8 Å². The van der Waals surface area contributed by atoms with E-state index in [1.165, 1.54) is 6.42 Å². The molecule has 1 aliphatic carbocycles. The molecule has 1 aliphatic heterocycles. The van der Waals surface area contributed by atoms with Crippen molar-refractivity contribution >= 4 is 11.8 Å². The molecular weight excluding hydrogens is 216 g/mol. The maximum atomic E-state index is 11.8. The third kappa shape index (κ3) is 3.20. The molecule has 2 fully saturated rings. The lowest BCUT2D eigenvalue weighted by molar-refractivity contribution is -0.133. The van der Waals surface area contributed by atoms with Gasteiger partial charge < -0.3 is 10.2 Å². The van der Waals surface area contributed by atoms with Crippen molar-refractivity contribution < 1.29 is 9.59 Å². The molecule has 2 amide bonds. The lowest BCUT2D eigenvalue weighted by Gasteiger charge is -2.20. The van der Waals surface area contributed by atoms with Crippen molar-refractivity contribution in [3.8, 4) is 0 Å². The van der Waals surface area contributed by atoms with Crippen LogP contribution in [0.4, 0.5) is 0 Å². The quantitative estimate of drug-likeness (QED) is 0.805. The average Bonchev–Trinajstić information content (AvgIpc) is 2.74. The molecule has 1 atom stereocenters. The van der Waals surface area contributed by atoms with Gasteiger partial charge in [0.05, 0.1) is 6.54 Å². The van der Waals surface area contributed by atoms with E-state index in [1.54, 1.807) is 4.90 Å². The minimum Gasteiger partial charge on any atom is -0.352 e. The molecule has 1 unspecified atom stereocenters. The van der Waals surface area contributed by atoms with E-state index >= 15 is 0 Å². The zero-order valence-corrected chi connectivity index (χ0v) is 10.8. The average molecular weight is 238 g/mol. The van der Waals surface area contributed by atoms with Crippen LogP contribution in [0.5, 0.6) is 0 Å². The molecule has 4 heteroatoms. The number of nitrogens with zero attached hydrogens (tertiary/aromatic N) is 1. The fourth-order valence-electron chi connectivity index (χ4n) is 2.88. The Morgan fingerprint density at radius 2 is 2.29 bits per heavy atom. The molecule has 1 heterocycles. The number of hydrogen-bond donors (Lipinski definition) is 1. The molecule has 0 aromatic heterocycles. The highest BCUT2D eigenvalue weighted by Crippen LogP contribution is 2.36. The van der Waals surface area contributed by atoms with Gasteiger partial charge in [-0.3, -0.25) is 9.59 Å². The SMILES string of the molecule is CC1(C)CCC(NC(=O)CN2CCCC2=O)C1. The lowest BCUT2D eigenvalue weighted by Crippen LogP contribution is -2.41. The molecule has 2 rings (SSSR count). The van der Waals surface area contributed by atoms with Crippen LogP contribution >= 0.6 is 0 Å². The predicted molar refractivity (Wildman–Crippen MR) is 65.4 cm³/mol. The first-order valence-corrected chi connectivity index (χ1v) is 6.53. The molecule has 4 nitrogen and oxygen atoms in total. The summed E-state index contributed by atoms with van der Waals surface area (Å²) in [6.45, 7) is 5.46. The van der Waals surface area contributed by atoms with Crippen molar-refractivity contribution in [2.75, 3.05) is 13.1 Å². The summed E-state index contributed by atoms with van der Waals surface area (Å²) in [6, 6.07) is 0.301.